The molecule has 1 aliphatic heterocycles. The van der Waals surface area contributed by atoms with Gasteiger partial charge in [-0.15, -0.1) is 0 Å². The Morgan fingerprint density at radius 1 is 0.417 bits per heavy atom. The summed E-state index contributed by atoms with van der Waals surface area (Å²) in [6.45, 7) is 20.4. The number of unbranched alkanes of at least 4 members (excludes halogenated alkanes) is 3. The van der Waals surface area contributed by atoms with Gasteiger partial charge in [-0.3, -0.25) is 29.4 Å². The second-order valence-corrected chi connectivity index (χ2v) is 19.4. The molecule has 0 saturated heterocycles. The highest BCUT2D eigenvalue weighted by atomic mass is 16.5. The summed E-state index contributed by atoms with van der Waals surface area (Å²) in [5, 5.41) is 9.28. The van der Waals surface area contributed by atoms with Gasteiger partial charge in [-0.2, -0.15) is 0 Å². The molecule has 3 N–H and O–H groups in total. The molecule has 5 aromatic carbocycles. The van der Waals surface area contributed by atoms with Gasteiger partial charge >= 0.3 is 0 Å². The summed E-state index contributed by atoms with van der Waals surface area (Å²) in [4.78, 5) is 59.0. The van der Waals surface area contributed by atoms with E-state index in [-0.39, 0.29) is 30.2 Å². The Morgan fingerprint density at radius 3 is 1.23 bits per heavy atom. The number of rotatable bonds is 24. The largest absolute Gasteiger partial charge is 0.493 e. The molecule has 18 nitrogen and oxygen atoms in total. The molecule has 18 heteroatoms. The number of amides is 3. The van der Waals surface area contributed by atoms with Crippen LogP contribution >= 0.6 is 0 Å². The van der Waals surface area contributed by atoms with Crippen molar-refractivity contribution < 1.29 is 57.0 Å². The van der Waals surface area contributed by atoms with Gasteiger partial charge in [-0.05, 0) is 132 Å². The van der Waals surface area contributed by atoms with E-state index in [0.717, 1.165) is 38.5 Å². The number of ether oxygens (including phenoxy) is 9. The summed E-state index contributed by atoms with van der Waals surface area (Å²) in [5.74, 6) is 0.863. The highest BCUT2D eigenvalue weighted by Gasteiger charge is 2.30. The van der Waals surface area contributed by atoms with Crippen molar-refractivity contribution in [3.05, 3.63) is 119 Å². The number of nitrogens with one attached hydrogen (secondary N) is 3. The topological polar surface area (TPSA) is 207 Å². The molecule has 3 amide bonds. The molecule has 0 saturated carbocycles. The standard InChI is InChI=1S/C66H80N6O12/c1-10-19-28-82-55-25-22-43-31-46(55)64(73)70-52-34-49(58(76-13-4)37-61(52)79-16-7)68-41-44-23-26-56(83-29-20-11-2)47(32-44)66(75)72-54-36-51(60(78-15-6)39-63(54)81-18-9)69-42-45-24-27-57(84-30-21-12-3)48(33-45)65(74)71-53-35-50(67-40-43)59(77-14-5)38-62(53)80-17-8/h22-27,31-42,46,55H,10-21,28-30H2,1-9H3,(H,70,73)(H,71,74)(H,72,75). The summed E-state index contributed by atoms with van der Waals surface area (Å²) >= 11 is 0. The third-order valence-electron chi connectivity index (χ3n) is 13.1. The third-order valence-corrected chi connectivity index (χ3v) is 13.1. The minimum Gasteiger partial charge on any atom is -0.493 e. The zero-order chi connectivity index (χ0) is 59.8. The van der Waals surface area contributed by atoms with Gasteiger partial charge in [-0.1, -0.05) is 58.3 Å². The zero-order valence-corrected chi connectivity index (χ0v) is 49.9. The number of benzene rings is 5. The van der Waals surface area contributed by atoms with Crippen LogP contribution in [0, 0.1) is 5.92 Å². The first-order valence-electron chi connectivity index (χ1n) is 29.4. The van der Waals surface area contributed by atoms with Crippen molar-refractivity contribution in [1.82, 2.24) is 0 Å². The van der Waals surface area contributed by atoms with Crippen molar-refractivity contribution in [2.75, 3.05) is 75.4 Å². The lowest BCUT2D eigenvalue weighted by Crippen LogP contribution is -2.34. The number of hydrogen-bond donors (Lipinski definition) is 3. The van der Waals surface area contributed by atoms with Crippen LogP contribution in [0.3, 0.4) is 0 Å². The van der Waals surface area contributed by atoms with Gasteiger partial charge in [0.25, 0.3) is 11.8 Å². The number of aliphatic imine (C=N–C) groups is 3. The fraction of sp³-hybridized carbons (Fsp3) is 0.394. The predicted molar refractivity (Wildman–Crippen MR) is 333 cm³/mol. The Balaban J connectivity index is 1.43. The first-order chi connectivity index (χ1) is 41.0. The molecule has 2 atom stereocenters. The van der Waals surface area contributed by atoms with Crippen LogP contribution in [0.4, 0.5) is 34.1 Å². The van der Waals surface area contributed by atoms with E-state index in [1.807, 2.05) is 71.9 Å². The summed E-state index contributed by atoms with van der Waals surface area (Å²) in [6, 6.07) is 20.7. The number of fused-ring (bicyclic) bond motifs is 11. The predicted octanol–water partition coefficient (Wildman–Crippen LogP) is 14.4. The molecule has 0 fully saturated rings. The van der Waals surface area contributed by atoms with E-state index in [9.17, 15) is 14.4 Å². The molecule has 12 bridgehead atoms. The van der Waals surface area contributed by atoms with Crippen LogP contribution in [-0.4, -0.2) is 102 Å². The average Bonchev–Trinajstić information content (AvgIpc) is 3.57. The molecule has 0 spiro atoms. The molecule has 1 aliphatic carbocycles. The van der Waals surface area contributed by atoms with E-state index in [1.54, 1.807) is 79.3 Å². The van der Waals surface area contributed by atoms with Gasteiger partial charge in [0.05, 0.1) is 93.1 Å². The fourth-order valence-electron chi connectivity index (χ4n) is 8.94. The van der Waals surface area contributed by atoms with Crippen molar-refractivity contribution in [3.63, 3.8) is 0 Å². The zero-order valence-electron chi connectivity index (χ0n) is 49.9. The van der Waals surface area contributed by atoms with Gasteiger partial charge in [-0.25, -0.2) is 0 Å². The monoisotopic (exact) mass is 1150 g/mol. The third kappa shape index (κ3) is 17.0. The van der Waals surface area contributed by atoms with Crippen molar-refractivity contribution in [1.29, 1.82) is 0 Å². The Bertz CT molecular complexity index is 3220. The smallest absolute Gasteiger partial charge is 0.259 e. The van der Waals surface area contributed by atoms with Crippen molar-refractivity contribution >= 4 is 70.5 Å². The summed E-state index contributed by atoms with van der Waals surface area (Å²) in [7, 11) is 0. The van der Waals surface area contributed by atoms with Crippen LogP contribution < -0.4 is 53.8 Å². The number of allylic oxidation sites excluding steroid dienone is 2. The van der Waals surface area contributed by atoms with Crippen LogP contribution in [0.5, 0.6) is 46.0 Å². The van der Waals surface area contributed by atoms with E-state index < -0.39 is 23.8 Å². The van der Waals surface area contributed by atoms with Crippen LogP contribution in [-0.2, 0) is 9.53 Å². The lowest BCUT2D eigenvalue weighted by Gasteiger charge is -2.26. The molecule has 0 radical (unpaired) electrons. The molecule has 5 aromatic rings. The quantitative estimate of drug-likeness (QED) is 0.0493. The first-order valence-corrected chi connectivity index (χ1v) is 29.4. The SMILES string of the molecule is CCCCOc1ccc2cc1C(=O)Nc1cc(c(OCC)cc1OCC)N=CC1=CC(C(=O)Nc3cc(c(OCC)cc3OCC)N=Cc3ccc(OCCCC)c(c3)C(=O)Nc3cc(c(OCC)cc3OCC)N=C2)C(OCCCC)C=C1. The van der Waals surface area contributed by atoms with E-state index in [1.165, 1.54) is 0 Å². The second-order valence-electron chi connectivity index (χ2n) is 19.4. The Morgan fingerprint density at radius 2 is 0.810 bits per heavy atom. The van der Waals surface area contributed by atoms with E-state index in [4.69, 9.17) is 57.6 Å². The van der Waals surface area contributed by atoms with Crippen LogP contribution in [0.2, 0.25) is 0 Å². The first kappa shape index (κ1) is 63.0. The van der Waals surface area contributed by atoms with E-state index in [0.29, 0.717) is 143 Å². The number of carbonyl (C=O) groups is 3. The summed E-state index contributed by atoms with van der Waals surface area (Å²) in [5.41, 5.74) is 4.36. The highest BCUT2D eigenvalue weighted by molar-refractivity contribution is 6.09. The maximum atomic E-state index is 14.8. The molecule has 84 heavy (non-hydrogen) atoms. The molecule has 0 aromatic heterocycles. The summed E-state index contributed by atoms with van der Waals surface area (Å²) < 4.78 is 55.5. The van der Waals surface area contributed by atoms with Crippen molar-refractivity contribution in [2.24, 2.45) is 20.9 Å². The molecule has 2 unspecified atom stereocenters. The molecule has 446 valence electrons. The van der Waals surface area contributed by atoms with Crippen molar-refractivity contribution in [2.45, 2.75) is 107 Å². The summed E-state index contributed by atoms with van der Waals surface area (Å²) in [6.07, 6.45) is 14.8. The molecular weight excluding hydrogens is 1070 g/mol. The average molecular weight is 1150 g/mol. The Hall–Kier alpha value is -8.64. The van der Waals surface area contributed by atoms with Gasteiger partial charge in [0.1, 0.15) is 63.1 Å². The number of nitrogens with zero attached hydrogens (tertiary/aromatic N) is 3. The number of anilines is 3. The Labute approximate surface area is 493 Å². The lowest BCUT2D eigenvalue weighted by molar-refractivity contribution is -0.121. The molecule has 2 aliphatic rings. The molecule has 7 rings (SSSR count). The van der Waals surface area contributed by atoms with Gasteiger partial charge in [0.2, 0.25) is 5.91 Å². The van der Waals surface area contributed by atoms with Gasteiger partial charge in [0.15, 0.2) is 0 Å². The van der Waals surface area contributed by atoms with Crippen LogP contribution in [0.15, 0.2) is 112 Å². The highest BCUT2D eigenvalue weighted by Crippen LogP contribution is 2.43. The maximum absolute atomic E-state index is 14.8. The minimum absolute atomic E-state index is 0.234. The second kappa shape index (κ2) is 32.3. The van der Waals surface area contributed by atoms with Gasteiger partial charge in [0, 0.05) is 43.4 Å². The molecule has 1 heterocycles. The Kier molecular flexibility index (Phi) is 24.2. The van der Waals surface area contributed by atoms with Gasteiger partial charge < -0.3 is 58.6 Å². The van der Waals surface area contributed by atoms with Crippen molar-refractivity contribution in [3.8, 4) is 46.0 Å². The number of carbonyl (C=O) groups excluding carboxylic acids is 3. The maximum Gasteiger partial charge on any atom is 0.259 e. The lowest BCUT2D eigenvalue weighted by atomic mass is 9.92. The number of hydrogen-bond acceptors (Lipinski definition) is 15. The normalized spacial score (nSPS) is 15.0. The van der Waals surface area contributed by atoms with E-state index >= 15 is 0 Å². The fourth-order valence-corrected chi connectivity index (χ4v) is 8.94. The van der Waals surface area contributed by atoms with Crippen LogP contribution in [0.25, 0.3) is 0 Å². The van der Waals surface area contributed by atoms with E-state index in [2.05, 4.69) is 36.7 Å². The minimum atomic E-state index is -0.820. The van der Waals surface area contributed by atoms with Crippen LogP contribution in [0.1, 0.15) is 133 Å². The molecular formula is C66H80N6O12.